The van der Waals surface area contributed by atoms with Gasteiger partial charge < -0.3 is 15.2 Å². The van der Waals surface area contributed by atoms with Gasteiger partial charge in [0.25, 0.3) is 0 Å². The SMILES string of the molecule is CC(C)(C)CN(CC(=O)OC(C)(C)C)C1(C)CN(CC(=O)OC(C)(C)C)CCN(C(CCCCN)C(C)(C)C)C1. The first-order chi connectivity index (χ1) is 17.9. The molecule has 0 radical (unpaired) electrons. The van der Waals surface area contributed by atoms with Crippen molar-refractivity contribution in [2.24, 2.45) is 16.6 Å². The molecule has 2 N–H and O–H groups in total. The lowest BCUT2D eigenvalue weighted by atomic mass is 9.81. The van der Waals surface area contributed by atoms with Crippen LogP contribution >= 0.6 is 0 Å². The van der Waals surface area contributed by atoms with Gasteiger partial charge in [0.2, 0.25) is 0 Å². The van der Waals surface area contributed by atoms with Crippen molar-refractivity contribution in [2.75, 3.05) is 52.4 Å². The molecule has 1 aliphatic heterocycles. The molecule has 8 heteroatoms. The van der Waals surface area contributed by atoms with E-state index in [1.54, 1.807) is 0 Å². The summed E-state index contributed by atoms with van der Waals surface area (Å²) in [7, 11) is 0. The van der Waals surface area contributed by atoms with Crippen LogP contribution in [0.3, 0.4) is 0 Å². The molecular formula is C32H64N4O4. The van der Waals surface area contributed by atoms with E-state index in [9.17, 15) is 9.59 Å². The number of carbonyl (C=O) groups is 2. The molecule has 1 rings (SSSR count). The molecule has 1 heterocycles. The van der Waals surface area contributed by atoms with E-state index in [1.165, 1.54) is 0 Å². The Morgan fingerprint density at radius 2 is 1.40 bits per heavy atom. The lowest BCUT2D eigenvalue weighted by Gasteiger charge is -2.48. The first-order valence-electron chi connectivity index (χ1n) is 15.3. The third-order valence-corrected chi connectivity index (χ3v) is 7.12. The van der Waals surface area contributed by atoms with Crippen molar-refractivity contribution in [2.45, 2.75) is 132 Å². The van der Waals surface area contributed by atoms with E-state index in [2.05, 4.69) is 63.2 Å². The summed E-state index contributed by atoms with van der Waals surface area (Å²) < 4.78 is 11.5. The number of rotatable bonds is 11. The summed E-state index contributed by atoms with van der Waals surface area (Å²) in [5.41, 5.74) is 4.39. The average Bonchev–Trinajstić information content (AvgIpc) is 2.85. The Labute approximate surface area is 246 Å². The average molecular weight is 569 g/mol. The second-order valence-electron chi connectivity index (χ2n) is 16.4. The maximum absolute atomic E-state index is 13.2. The van der Waals surface area contributed by atoms with Crippen molar-refractivity contribution < 1.29 is 19.1 Å². The van der Waals surface area contributed by atoms with E-state index in [1.807, 2.05) is 41.5 Å². The zero-order valence-corrected chi connectivity index (χ0v) is 28.4. The Hall–Kier alpha value is -1.22. The molecule has 0 bridgehead atoms. The Balaban J connectivity index is 3.50. The molecule has 1 fully saturated rings. The van der Waals surface area contributed by atoms with E-state index in [0.29, 0.717) is 19.1 Å². The molecule has 0 aromatic carbocycles. The molecule has 1 aliphatic rings. The highest BCUT2D eigenvalue weighted by molar-refractivity contribution is 5.72. The highest BCUT2D eigenvalue weighted by atomic mass is 16.6. The second-order valence-corrected chi connectivity index (χ2v) is 16.4. The Morgan fingerprint density at radius 3 is 1.88 bits per heavy atom. The fourth-order valence-corrected chi connectivity index (χ4v) is 5.74. The van der Waals surface area contributed by atoms with Gasteiger partial charge in [-0.25, -0.2) is 0 Å². The van der Waals surface area contributed by atoms with Crippen molar-refractivity contribution in [1.82, 2.24) is 14.7 Å². The van der Waals surface area contributed by atoms with Crippen LogP contribution in [0.1, 0.15) is 109 Å². The minimum Gasteiger partial charge on any atom is -0.459 e. The van der Waals surface area contributed by atoms with Crippen LogP contribution in [-0.4, -0.2) is 102 Å². The van der Waals surface area contributed by atoms with Crippen LogP contribution in [0.4, 0.5) is 0 Å². The number of hydrogen-bond acceptors (Lipinski definition) is 8. The predicted molar refractivity (Wildman–Crippen MR) is 165 cm³/mol. The molecule has 2 atom stereocenters. The fourth-order valence-electron chi connectivity index (χ4n) is 5.74. The van der Waals surface area contributed by atoms with E-state index in [4.69, 9.17) is 15.2 Å². The summed E-state index contributed by atoms with van der Waals surface area (Å²) in [5, 5.41) is 0. The summed E-state index contributed by atoms with van der Waals surface area (Å²) >= 11 is 0. The smallest absolute Gasteiger partial charge is 0.320 e. The van der Waals surface area contributed by atoms with Crippen molar-refractivity contribution >= 4 is 11.9 Å². The summed E-state index contributed by atoms with van der Waals surface area (Å²) in [6.45, 7) is 32.2. The summed E-state index contributed by atoms with van der Waals surface area (Å²) in [6.07, 6.45) is 3.16. The number of carbonyl (C=O) groups excluding carboxylic acids is 2. The topological polar surface area (TPSA) is 88.3 Å². The highest BCUT2D eigenvalue weighted by Crippen LogP contribution is 2.33. The molecule has 8 nitrogen and oxygen atoms in total. The van der Waals surface area contributed by atoms with E-state index in [0.717, 1.165) is 45.4 Å². The Kier molecular flexibility index (Phi) is 13.2. The minimum absolute atomic E-state index is 0.0390. The van der Waals surface area contributed by atoms with Gasteiger partial charge in [-0.2, -0.15) is 0 Å². The molecule has 0 saturated carbocycles. The van der Waals surface area contributed by atoms with Gasteiger partial charge in [0, 0.05) is 44.3 Å². The minimum atomic E-state index is -0.552. The molecule has 0 aromatic rings. The number of nitrogens with two attached hydrogens (primary N) is 1. The van der Waals surface area contributed by atoms with E-state index in [-0.39, 0.29) is 35.9 Å². The number of ether oxygens (including phenoxy) is 2. The summed E-state index contributed by atoms with van der Waals surface area (Å²) in [5.74, 6) is -0.434. The van der Waals surface area contributed by atoms with Crippen LogP contribution in [-0.2, 0) is 19.1 Å². The number of esters is 2. The molecule has 236 valence electrons. The first kappa shape index (κ1) is 36.8. The predicted octanol–water partition coefficient (Wildman–Crippen LogP) is 4.94. The monoisotopic (exact) mass is 568 g/mol. The van der Waals surface area contributed by atoms with Gasteiger partial charge >= 0.3 is 11.9 Å². The van der Waals surface area contributed by atoms with Crippen molar-refractivity contribution in [1.29, 1.82) is 0 Å². The molecule has 1 saturated heterocycles. The molecule has 40 heavy (non-hydrogen) atoms. The third-order valence-electron chi connectivity index (χ3n) is 7.12. The number of nitrogens with zero attached hydrogens (tertiary/aromatic N) is 3. The molecule has 0 aromatic heterocycles. The van der Waals surface area contributed by atoms with Gasteiger partial charge in [-0.1, -0.05) is 48.0 Å². The summed E-state index contributed by atoms with van der Waals surface area (Å²) in [6, 6.07) is 0.345. The van der Waals surface area contributed by atoms with E-state index >= 15 is 0 Å². The molecular weight excluding hydrogens is 504 g/mol. The standard InChI is InChI=1S/C32H64N4O4/c1-28(2,3)22-36(21-27(38)40-31(10,11)12)32(13)23-34(20-26(37)39-30(7,8)9)18-19-35(24-32)25(29(4,5)6)16-14-15-17-33/h25H,14-24,33H2,1-13H3. The molecule has 0 amide bonds. The third kappa shape index (κ3) is 14.1. The van der Waals surface area contributed by atoms with Crippen LogP contribution in [0, 0.1) is 10.8 Å². The maximum Gasteiger partial charge on any atom is 0.320 e. The van der Waals surface area contributed by atoms with Crippen LogP contribution in [0.25, 0.3) is 0 Å². The van der Waals surface area contributed by atoms with Gasteiger partial charge in [-0.05, 0) is 78.7 Å². The van der Waals surface area contributed by atoms with Gasteiger partial charge in [0.1, 0.15) is 11.2 Å². The maximum atomic E-state index is 13.2. The van der Waals surface area contributed by atoms with Crippen LogP contribution in [0.2, 0.25) is 0 Å². The second kappa shape index (κ2) is 14.3. The van der Waals surface area contributed by atoms with Crippen molar-refractivity contribution in [3.63, 3.8) is 0 Å². The molecule has 2 unspecified atom stereocenters. The van der Waals surface area contributed by atoms with Gasteiger partial charge in [-0.3, -0.25) is 24.3 Å². The van der Waals surface area contributed by atoms with Gasteiger partial charge in [-0.15, -0.1) is 0 Å². The highest BCUT2D eigenvalue weighted by Gasteiger charge is 2.44. The van der Waals surface area contributed by atoms with Crippen LogP contribution in [0.15, 0.2) is 0 Å². The van der Waals surface area contributed by atoms with E-state index < -0.39 is 16.7 Å². The number of hydrogen-bond donors (Lipinski definition) is 1. The van der Waals surface area contributed by atoms with Crippen molar-refractivity contribution in [3.05, 3.63) is 0 Å². The summed E-state index contributed by atoms with van der Waals surface area (Å²) in [4.78, 5) is 33.3. The molecule has 0 spiro atoms. The zero-order valence-electron chi connectivity index (χ0n) is 28.4. The largest absolute Gasteiger partial charge is 0.459 e. The first-order valence-corrected chi connectivity index (χ1v) is 15.3. The Bertz CT molecular complexity index is 804. The van der Waals surface area contributed by atoms with Crippen molar-refractivity contribution in [3.8, 4) is 0 Å². The lowest BCUT2D eigenvalue weighted by molar-refractivity contribution is -0.160. The normalized spacial score (nSPS) is 21.3. The zero-order chi connectivity index (χ0) is 31.2. The quantitative estimate of drug-likeness (QED) is 0.277. The van der Waals surface area contributed by atoms with Crippen LogP contribution in [0.5, 0.6) is 0 Å². The fraction of sp³-hybridized carbons (Fsp3) is 0.938. The Morgan fingerprint density at radius 1 is 0.850 bits per heavy atom. The van der Waals surface area contributed by atoms with Gasteiger partial charge in [0.15, 0.2) is 0 Å². The molecule has 0 aliphatic carbocycles. The number of unbranched alkanes of at least 4 members (excludes halogenated alkanes) is 1. The van der Waals surface area contributed by atoms with Crippen LogP contribution < -0.4 is 5.73 Å². The lowest BCUT2D eigenvalue weighted by Crippen LogP contribution is -2.62. The van der Waals surface area contributed by atoms with Gasteiger partial charge in [0.05, 0.1) is 13.1 Å².